The van der Waals surface area contributed by atoms with E-state index in [1.54, 1.807) is 0 Å². The van der Waals surface area contributed by atoms with Crippen molar-refractivity contribution in [3.05, 3.63) is 116 Å². The van der Waals surface area contributed by atoms with Crippen molar-refractivity contribution >= 4 is 0 Å². The van der Waals surface area contributed by atoms with Gasteiger partial charge in [-0.05, 0) is 125 Å². The molecule has 0 N–H and O–H groups in total. The number of unbranched alkanes of at least 4 members (excludes halogenated alkanes) is 10. The van der Waals surface area contributed by atoms with Gasteiger partial charge in [0, 0.05) is 87.7 Å². The lowest BCUT2D eigenvalue weighted by Gasteiger charge is -2.22. The van der Waals surface area contributed by atoms with Crippen LogP contribution in [0.25, 0.3) is 0 Å². The number of benzene rings is 5. The summed E-state index contributed by atoms with van der Waals surface area (Å²) in [6.45, 7) is 28.1. The van der Waals surface area contributed by atoms with Crippen molar-refractivity contribution in [3.8, 4) is 57.5 Å². The predicted molar refractivity (Wildman–Crippen MR) is 350 cm³/mol. The van der Waals surface area contributed by atoms with Crippen LogP contribution in [0.5, 0.6) is 57.5 Å². The lowest BCUT2D eigenvalue weighted by molar-refractivity contribution is 0.292. The molecule has 0 atom stereocenters. The summed E-state index contributed by atoms with van der Waals surface area (Å²) in [6.07, 6.45) is 22.3. The molecule has 0 aromatic heterocycles. The van der Waals surface area contributed by atoms with E-state index in [1.165, 1.54) is 0 Å². The van der Waals surface area contributed by atoms with Gasteiger partial charge in [0.05, 0.1) is 66.1 Å². The zero-order valence-electron chi connectivity index (χ0n) is 54.6. The quantitative estimate of drug-likeness (QED) is 0.0346. The highest BCUT2D eigenvalue weighted by molar-refractivity contribution is 5.60. The molecule has 10 nitrogen and oxygen atoms in total. The number of ether oxygens (including phenoxy) is 10. The summed E-state index contributed by atoms with van der Waals surface area (Å²) in [5.74, 6) is 8.46. The summed E-state index contributed by atoms with van der Waals surface area (Å²) in [6, 6.07) is 22.4. The molecule has 10 aliphatic rings. The molecular formula is C75H110O10. The van der Waals surface area contributed by atoms with E-state index in [1.807, 2.05) is 0 Å². The minimum absolute atomic E-state index is 0.552. The van der Waals surface area contributed by atoms with Gasteiger partial charge < -0.3 is 47.4 Å². The minimum Gasteiger partial charge on any atom is -0.493 e. The fourth-order valence-corrected chi connectivity index (χ4v) is 10.2. The van der Waals surface area contributed by atoms with Crippen molar-refractivity contribution in [2.75, 3.05) is 66.1 Å². The molecule has 0 aliphatic heterocycles. The molecule has 5 aromatic rings. The first-order valence-electron chi connectivity index (χ1n) is 33.8. The molecule has 10 aliphatic carbocycles. The van der Waals surface area contributed by atoms with Gasteiger partial charge >= 0.3 is 0 Å². The molecule has 0 heterocycles. The van der Waals surface area contributed by atoms with Crippen LogP contribution in [0, 0.1) is 0 Å². The molecule has 0 unspecified atom stereocenters. The molecule has 0 radical (unpaired) electrons. The van der Waals surface area contributed by atoms with Gasteiger partial charge in [-0.25, -0.2) is 0 Å². The van der Waals surface area contributed by atoms with Crippen LogP contribution < -0.4 is 47.4 Å². The second-order valence-electron chi connectivity index (χ2n) is 23.2. The minimum atomic E-state index is 0.552. The van der Waals surface area contributed by atoms with Gasteiger partial charge in [0.2, 0.25) is 0 Å². The van der Waals surface area contributed by atoms with Crippen LogP contribution in [0.1, 0.15) is 253 Å². The van der Waals surface area contributed by atoms with E-state index in [-0.39, 0.29) is 0 Å². The molecule has 10 bridgehead atoms. The smallest absolute Gasteiger partial charge is 0.123 e. The molecule has 0 spiro atoms. The second kappa shape index (κ2) is 39.0. The van der Waals surface area contributed by atoms with E-state index in [4.69, 9.17) is 47.4 Å². The van der Waals surface area contributed by atoms with Crippen molar-refractivity contribution in [2.24, 2.45) is 0 Å². The fourth-order valence-electron chi connectivity index (χ4n) is 10.2. The monoisotopic (exact) mass is 1170 g/mol. The average Bonchev–Trinajstić information content (AvgIpc) is 3.62. The fraction of sp³-hybridized carbons (Fsp3) is 0.600. The van der Waals surface area contributed by atoms with Crippen molar-refractivity contribution < 1.29 is 47.4 Å². The average molecular weight is 1170 g/mol. The first kappa shape index (κ1) is 68.2. The lowest BCUT2D eigenvalue weighted by atomic mass is 9.94. The van der Waals surface area contributed by atoms with Gasteiger partial charge in [-0.3, -0.25) is 0 Å². The van der Waals surface area contributed by atoms with Gasteiger partial charge in [-0.1, -0.05) is 133 Å². The Kier molecular flexibility index (Phi) is 31.3. The van der Waals surface area contributed by atoms with E-state index in [2.05, 4.69) is 130 Å². The highest BCUT2D eigenvalue weighted by Gasteiger charge is 2.25. The number of hydrogen-bond acceptors (Lipinski definition) is 10. The first-order valence-corrected chi connectivity index (χ1v) is 33.8. The molecule has 0 amide bonds. The van der Waals surface area contributed by atoms with Crippen LogP contribution in [0.3, 0.4) is 0 Å². The maximum atomic E-state index is 6.91. The Labute approximate surface area is 514 Å². The van der Waals surface area contributed by atoms with E-state index in [9.17, 15) is 0 Å². The van der Waals surface area contributed by atoms with Gasteiger partial charge in [-0.15, -0.1) is 0 Å². The molecule has 5 aromatic carbocycles. The Balaban J connectivity index is 1.75. The third-order valence-electron chi connectivity index (χ3n) is 15.7. The van der Waals surface area contributed by atoms with Gasteiger partial charge in [0.15, 0.2) is 0 Å². The van der Waals surface area contributed by atoms with E-state index < -0.39 is 0 Å². The topological polar surface area (TPSA) is 92.3 Å². The molecule has 15 rings (SSSR count). The first-order chi connectivity index (χ1) is 41.7. The van der Waals surface area contributed by atoms with Gasteiger partial charge in [0.25, 0.3) is 0 Å². The van der Waals surface area contributed by atoms with Crippen LogP contribution in [0.15, 0.2) is 60.7 Å². The normalized spacial score (nSPS) is 12.1. The standard InChI is InChI=1S/C75H110O10/c1-11-21-31-76-66-46-57-42-59-49-71(81-36-26-16-6)61(51-70(59)80-35-25-15-5)44-63-53-75(85-40-30-20-10)65(55-74(63)84-39-29-19-9)45-64-54-72(82-37-27-17-7)62(52-73(64)83-38-28-18-8)43-60-50-68(78-33-23-13-3)58(48-69(60)79-34-24-14-4)41-56(66)47-67(57)77-32-22-12-2/h46-55H,11-45H2,1-10H3. The van der Waals surface area contributed by atoms with E-state index in [0.29, 0.717) is 98.2 Å². The number of rotatable bonds is 40. The van der Waals surface area contributed by atoms with Crippen molar-refractivity contribution in [3.63, 3.8) is 0 Å². The predicted octanol–water partition coefficient (Wildman–Crippen LogP) is 19.7. The summed E-state index contributed by atoms with van der Waals surface area (Å²) >= 11 is 0. The second-order valence-corrected chi connectivity index (χ2v) is 23.2. The van der Waals surface area contributed by atoms with Crippen LogP contribution in [-0.4, -0.2) is 66.1 Å². The molecule has 0 fully saturated rings. The third-order valence-corrected chi connectivity index (χ3v) is 15.7. The van der Waals surface area contributed by atoms with Crippen molar-refractivity contribution in [1.82, 2.24) is 0 Å². The molecule has 0 saturated heterocycles. The maximum absolute atomic E-state index is 6.91. The molecule has 470 valence electrons. The Morgan fingerprint density at radius 3 is 0.353 bits per heavy atom. The van der Waals surface area contributed by atoms with Gasteiger partial charge in [0.1, 0.15) is 57.5 Å². The van der Waals surface area contributed by atoms with Crippen molar-refractivity contribution in [1.29, 1.82) is 0 Å². The summed E-state index contributed by atoms with van der Waals surface area (Å²) in [5, 5.41) is 0. The molecule has 85 heavy (non-hydrogen) atoms. The summed E-state index contributed by atoms with van der Waals surface area (Å²) in [4.78, 5) is 0. The van der Waals surface area contributed by atoms with Gasteiger partial charge in [-0.2, -0.15) is 0 Å². The zero-order valence-corrected chi connectivity index (χ0v) is 54.6. The van der Waals surface area contributed by atoms with Crippen LogP contribution in [0.2, 0.25) is 0 Å². The highest BCUT2D eigenvalue weighted by Crippen LogP contribution is 2.43. The van der Waals surface area contributed by atoms with Crippen LogP contribution >= 0.6 is 0 Å². The summed E-state index contributed by atoms with van der Waals surface area (Å²) < 4.78 is 69.1. The summed E-state index contributed by atoms with van der Waals surface area (Å²) in [7, 11) is 0. The highest BCUT2D eigenvalue weighted by atomic mass is 16.5. The Hall–Kier alpha value is -5.90. The molecule has 10 heteroatoms. The van der Waals surface area contributed by atoms with Crippen LogP contribution in [0.4, 0.5) is 0 Å². The maximum Gasteiger partial charge on any atom is 0.123 e. The van der Waals surface area contributed by atoms with E-state index >= 15 is 0 Å². The lowest BCUT2D eigenvalue weighted by Crippen LogP contribution is -2.09. The van der Waals surface area contributed by atoms with E-state index in [0.717, 1.165) is 242 Å². The largest absolute Gasteiger partial charge is 0.493 e. The summed E-state index contributed by atoms with van der Waals surface area (Å²) in [5.41, 5.74) is 10.4. The number of hydrogen-bond donors (Lipinski definition) is 0. The third kappa shape index (κ3) is 21.8. The van der Waals surface area contributed by atoms with Crippen LogP contribution in [-0.2, 0) is 32.1 Å². The molecular weight excluding hydrogens is 1060 g/mol. The Bertz CT molecular complexity index is 2110. The van der Waals surface area contributed by atoms with Crippen molar-refractivity contribution in [2.45, 2.75) is 230 Å². The zero-order chi connectivity index (χ0) is 60.4. The molecule has 0 saturated carbocycles. The Morgan fingerprint density at radius 2 is 0.271 bits per heavy atom. The SMILES string of the molecule is CCCCOc1cc2c(OCCCC)cc1Cc1cc(OCCCC)c(cc1OCCCC)Cc1cc(OCCCC)c(cc1OCCCC)Cc1cc(OCCCC)c(cc1OCCCC)Cc1cc(OCCCC)c(cc1OCCCC)C2. The Morgan fingerprint density at radius 1 is 0.176 bits per heavy atom.